The van der Waals surface area contributed by atoms with Gasteiger partial charge in [0.2, 0.25) is 0 Å². The second-order valence-corrected chi connectivity index (χ2v) is 5.58. The van der Waals surface area contributed by atoms with E-state index in [1.165, 1.54) is 12.1 Å². The third-order valence-corrected chi connectivity index (χ3v) is 3.96. The van der Waals surface area contributed by atoms with Crippen molar-refractivity contribution in [3.05, 3.63) is 78.8 Å². The maximum absolute atomic E-state index is 12.7. The van der Waals surface area contributed by atoms with Gasteiger partial charge in [0, 0.05) is 35.2 Å². The van der Waals surface area contributed by atoms with E-state index in [2.05, 4.69) is 9.97 Å². The summed E-state index contributed by atoms with van der Waals surface area (Å²) in [6.45, 7) is 0. The van der Waals surface area contributed by atoms with Crippen molar-refractivity contribution in [2.75, 3.05) is 0 Å². The molecule has 2 aromatic heterocycles. The Balaban J connectivity index is 0.00000196. The van der Waals surface area contributed by atoms with Gasteiger partial charge in [-0.2, -0.15) is 13.2 Å². The van der Waals surface area contributed by atoms with E-state index in [9.17, 15) is 13.2 Å². The summed E-state index contributed by atoms with van der Waals surface area (Å²) in [6, 6.07) is 14.7. The van der Waals surface area contributed by atoms with Crippen LogP contribution in [0, 0.1) is 0 Å². The average molecular weight is 376 g/mol. The van der Waals surface area contributed by atoms with Crippen LogP contribution in [0.15, 0.2) is 73.2 Å². The summed E-state index contributed by atoms with van der Waals surface area (Å²) in [6.07, 6.45) is 0.694. The van der Waals surface area contributed by atoms with E-state index in [4.69, 9.17) is 0 Å². The summed E-state index contributed by atoms with van der Waals surface area (Å²) in [5, 5.41) is 0.974. The molecule has 4 aromatic rings. The van der Waals surface area contributed by atoms with Crippen LogP contribution in [0.1, 0.15) is 5.56 Å². The molecular formula is C19H13ClF3N3. The number of alkyl halides is 3. The number of nitrogens with zero attached hydrogens (tertiary/aromatic N) is 3. The molecule has 0 aliphatic heterocycles. The number of hydrogen-bond donors (Lipinski definition) is 0. The minimum absolute atomic E-state index is 0. The Morgan fingerprint density at radius 1 is 0.885 bits per heavy atom. The third kappa shape index (κ3) is 3.28. The first-order valence-electron chi connectivity index (χ1n) is 7.58. The van der Waals surface area contributed by atoms with Crippen molar-refractivity contribution in [3.8, 4) is 17.1 Å². The van der Waals surface area contributed by atoms with Crippen LogP contribution in [0.25, 0.3) is 28.0 Å². The molecule has 0 bridgehead atoms. The highest BCUT2D eigenvalue weighted by atomic mass is 35.5. The molecule has 0 saturated carbocycles. The Hall–Kier alpha value is -2.86. The van der Waals surface area contributed by atoms with Crippen molar-refractivity contribution in [2.24, 2.45) is 0 Å². The lowest BCUT2D eigenvalue weighted by molar-refractivity contribution is -0.137. The van der Waals surface area contributed by atoms with E-state index >= 15 is 0 Å². The van der Waals surface area contributed by atoms with Crippen LogP contribution in [0.4, 0.5) is 13.2 Å². The highest BCUT2D eigenvalue weighted by molar-refractivity contribution is 5.85. The Bertz CT molecular complexity index is 1040. The standard InChI is InChI=1S/C19H12F3N3.ClH/c20-19(21,22)15-5-7-16(8-6-15)25-10-9-23-18(25)14-11-13-3-1-2-4-17(13)24-12-14;/h1-12H;1H. The number of pyridine rings is 1. The zero-order valence-electron chi connectivity index (χ0n) is 13.3. The summed E-state index contributed by atoms with van der Waals surface area (Å²) < 4.78 is 39.9. The van der Waals surface area contributed by atoms with Gasteiger partial charge < -0.3 is 0 Å². The van der Waals surface area contributed by atoms with Gasteiger partial charge in [-0.05, 0) is 36.4 Å². The molecule has 0 N–H and O–H groups in total. The fraction of sp³-hybridized carbons (Fsp3) is 0.0526. The molecule has 2 aromatic carbocycles. The first-order valence-corrected chi connectivity index (χ1v) is 7.58. The molecule has 0 fully saturated rings. The van der Waals surface area contributed by atoms with Gasteiger partial charge in [0.15, 0.2) is 0 Å². The van der Waals surface area contributed by atoms with Crippen LogP contribution in [0.3, 0.4) is 0 Å². The number of fused-ring (bicyclic) bond motifs is 1. The molecule has 26 heavy (non-hydrogen) atoms. The Morgan fingerprint density at radius 2 is 1.62 bits per heavy atom. The average Bonchev–Trinajstić information content (AvgIpc) is 3.10. The van der Waals surface area contributed by atoms with Crippen LogP contribution in [0.2, 0.25) is 0 Å². The summed E-state index contributed by atoms with van der Waals surface area (Å²) >= 11 is 0. The van der Waals surface area contributed by atoms with Crippen molar-refractivity contribution >= 4 is 23.3 Å². The molecule has 4 rings (SSSR count). The van der Waals surface area contributed by atoms with Crippen LogP contribution >= 0.6 is 12.4 Å². The normalized spacial score (nSPS) is 11.3. The third-order valence-electron chi connectivity index (χ3n) is 3.96. The number of aromatic nitrogens is 3. The van der Waals surface area contributed by atoms with Gasteiger partial charge in [-0.25, -0.2) is 4.98 Å². The summed E-state index contributed by atoms with van der Waals surface area (Å²) in [5.41, 5.74) is 1.60. The van der Waals surface area contributed by atoms with Crippen LogP contribution in [-0.2, 0) is 6.18 Å². The largest absolute Gasteiger partial charge is 0.416 e. The number of hydrogen-bond acceptors (Lipinski definition) is 2. The van der Waals surface area contributed by atoms with E-state index in [0.717, 1.165) is 28.6 Å². The van der Waals surface area contributed by atoms with Crippen molar-refractivity contribution < 1.29 is 13.2 Å². The number of para-hydroxylation sites is 1. The predicted octanol–water partition coefficient (Wildman–Crippen LogP) is 5.53. The summed E-state index contributed by atoms with van der Waals surface area (Å²) in [4.78, 5) is 8.76. The van der Waals surface area contributed by atoms with Crippen molar-refractivity contribution in [1.82, 2.24) is 14.5 Å². The molecule has 0 aliphatic carbocycles. The molecule has 0 atom stereocenters. The van der Waals surface area contributed by atoms with Gasteiger partial charge in [0.05, 0.1) is 11.1 Å². The van der Waals surface area contributed by atoms with Gasteiger partial charge in [-0.15, -0.1) is 12.4 Å². The zero-order chi connectivity index (χ0) is 17.4. The summed E-state index contributed by atoms with van der Waals surface area (Å²) in [7, 11) is 0. The maximum atomic E-state index is 12.7. The molecule has 0 saturated heterocycles. The lowest BCUT2D eigenvalue weighted by atomic mass is 10.1. The van der Waals surface area contributed by atoms with E-state index in [-0.39, 0.29) is 12.4 Å². The monoisotopic (exact) mass is 375 g/mol. The zero-order valence-corrected chi connectivity index (χ0v) is 14.1. The first-order chi connectivity index (χ1) is 12.0. The minimum atomic E-state index is -4.35. The fourth-order valence-electron chi connectivity index (χ4n) is 2.73. The number of benzene rings is 2. The van der Waals surface area contributed by atoms with Gasteiger partial charge >= 0.3 is 6.18 Å². The molecule has 0 amide bonds. The fourth-order valence-corrected chi connectivity index (χ4v) is 2.73. The maximum Gasteiger partial charge on any atom is 0.416 e. The highest BCUT2D eigenvalue weighted by Crippen LogP contribution is 2.30. The summed E-state index contributed by atoms with van der Waals surface area (Å²) in [5.74, 6) is 0.623. The Morgan fingerprint density at radius 3 is 2.35 bits per heavy atom. The van der Waals surface area contributed by atoms with Crippen LogP contribution in [0.5, 0.6) is 0 Å². The molecule has 0 aliphatic rings. The first kappa shape index (κ1) is 17.9. The van der Waals surface area contributed by atoms with Crippen LogP contribution in [-0.4, -0.2) is 14.5 Å². The number of halogens is 4. The van der Waals surface area contributed by atoms with Crippen molar-refractivity contribution in [3.63, 3.8) is 0 Å². The molecule has 0 unspecified atom stereocenters. The smallest absolute Gasteiger partial charge is 0.300 e. The predicted molar refractivity (Wildman–Crippen MR) is 96.6 cm³/mol. The SMILES string of the molecule is Cl.FC(F)(F)c1ccc(-n2ccnc2-c2cnc3ccccc3c2)cc1. The second-order valence-electron chi connectivity index (χ2n) is 5.58. The molecule has 3 nitrogen and oxygen atoms in total. The number of rotatable bonds is 2. The minimum Gasteiger partial charge on any atom is -0.300 e. The highest BCUT2D eigenvalue weighted by Gasteiger charge is 2.30. The van der Waals surface area contributed by atoms with Crippen molar-refractivity contribution in [2.45, 2.75) is 6.18 Å². The topological polar surface area (TPSA) is 30.7 Å². The van der Waals surface area contributed by atoms with E-state index in [0.29, 0.717) is 11.5 Å². The Kier molecular flexibility index (Phi) is 4.70. The number of imidazole rings is 1. The van der Waals surface area contributed by atoms with Gasteiger partial charge in [0.25, 0.3) is 0 Å². The van der Waals surface area contributed by atoms with Crippen LogP contribution < -0.4 is 0 Å². The van der Waals surface area contributed by atoms with E-state index in [1.54, 1.807) is 23.2 Å². The molecule has 0 radical (unpaired) electrons. The molecular weight excluding hydrogens is 363 g/mol. The quantitative estimate of drug-likeness (QED) is 0.461. The van der Waals surface area contributed by atoms with Crippen molar-refractivity contribution in [1.29, 1.82) is 0 Å². The van der Waals surface area contributed by atoms with E-state index < -0.39 is 11.7 Å². The molecule has 0 spiro atoms. The second kappa shape index (κ2) is 6.80. The molecule has 132 valence electrons. The van der Waals surface area contributed by atoms with E-state index in [1.807, 2.05) is 30.3 Å². The van der Waals surface area contributed by atoms with Gasteiger partial charge in [0.1, 0.15) is 5.82 Å². The van der Waals surface area contributed by atoms with Gasteiger partial charge in [-0.1, -0.05) is 18.2 Å². The molecule has 2 heterocycles. The van der Waals surface area contributed by atoms with Gasteiger partial charge in [-0.3, -0.25) is 9.55 Å². The molecule has 7 heteroatoms. The lowest BCUT2D eigenvalue weighted by Gasteiger charge is -2.11. The lowest BCUT2D eigenvalue weighted by Crippen LogP contribution is -2.05. The Labute approximate surface area is 153 Å².